The van der Waals surface area contributed by atoms with Gasteiger partial charge in [0.15, 0.2) is 0 Å². The van der Waals surface area contributed by atoms with E-state index in [9.17, 15) is 4.79 Å². The van der Waals surface area contributed by atoms with Crippen LogP contribution in [0.1, 0.15) is 26.3 Å². The Morgan fingerprint density at radius 2 is 1.95 bits per heavy atom. The van der Waals surface area contributed by atoms with Crippen molar-refractivity contribution in [1.29, 1.82) is 0 Å². The molecule has 118 valence electrons. The Kier molecular flexibility index (Phi) is 7.40. The van der Waals surface area contributed by atoms with Crippen LogP contribution in [0.4, 0.5) is 0 Å². The zero-order chi connectivity index (χ0) is 15.7. The van der Waals surface area contributed by atoms with Crippen LogP contribution < -0.4 is 11.1 Å². The average molecular weight is 291 g/mol. The largest absolute Gasteiger partial charge is 0.355 e. The first-order valence-corrected chi connectivity index (χ1v) is 7.70. The summed E-state index contributed by atoms with van der Waals surface area (Å²) in [5.74, 6) is 0.0839. The molecule has 0 saturated carbocycles. The summed E-state index contributed by atoms with van der Waals surface area (Å²) in [6, 6.07) is 10.2. The maximum atomic E-state index is 12.0. The molecule has 3 N–H and O–H groups in total. The lowest BCUT2D eigenvalue weighted by molar-refractivity contribution is -0.122. The zero-order valence-electron chi connectivity index (χ0n) is 13.6. The highest BCUT2D eigenvalue weighted by molar-refractivity contribution is 5.78. The van der Waals surface area contributed by atoms with Gasteiger partial charge >= 0.3 is 0 Å². The van der Waals surface area contributed by atoms with E-state index in [2.05, 4.69) is 43.1 Å². The molecule has 0 aliphatic carbocycles. The Labute approximate surface area is 128 Å². The van der Waals surface area contributed by atoms with Crippen molar-refractivity contribution >= 4 is 5.91 Å². The van der Waals surface area contributed by atoms with Gasteiger partial charge in [-0.25, -0.2) is 0 Å². The lowest BCUT2D eigenvalue weighted by Gasteiger charge is -2.30. The normalized spacial score (nSPS) is 11.7. The predicted molar refractivity (Wildman–Crippen MR) is 88.1 cm³/mol. The van der Waals surface area contributed by atoms with Crippen molar-refractivity contribution in [2.45, 2.75) is 27.2 Å². The number of carbonyl (C=O) groups is 1. The van der Waals surface area contributed by atoms with Crippen LogP contribution in [0.2, 0.25) is 0 Å². The molecule has 1 aromatic carbocycles. The molecule has 21 heavy (non-hydrogen) atoms. The van der Waals surface area contributed by atoms with Gasteiger partial charge in [-0.05, 0) is 30.5 Å². The molecule has 1 aromatic rings. The summed E-state index contributed by atoms with van der Waals surface area (Å²) in [6.07, 6.45) is 0.868. The molecule has 4 nitrogen and oxygen atoms in total. The van der Waals surface area contributed by atoms with Gasteiger partial charge in [0.1, 0.15) is 0 Å². The van der Waals surface area contributed by atoms with Gasteiger partial charge in [-0.3, -0.25) is 9.69 Å². The smallest absolute Gasteiger partial charge is 0.234 e. The van der Waals surface area contributed by atoms with E-state index in [0.717, 1.165) is 19.5 Å². The third kappa shape index (κ3) is 7.25. The third-order valence-corrected chi connectivity index (χ3v) is 3.60. The monoisotopic (exact) mass is 291 g/mol. The Hall–Kier alpha value is -1.39. The molecule has 0 aliphatic rings. The Morgan fingerprint density at radius 3 is 2.52 bits per heavy atom. The molecule has 1 rings (SSSR count). The number of nitrogens with zero attached hydrogens (tertiary/aromatic N) is 1. The number of likely N-dealkylation sites (N-methyl/N-ethyl adjacent to an activating group) is 1. The molecule has 0 spiro atoms. The SMILES string of the molecule is CCN(CC(=O)NCCc1ccccc1)CC(C)(C)CN. The highest BCUT2D eigenvalue weighted by atomic mass is 16.2. The number of hydrogen-bond acceptors (Lipinski definition) is 3. The lowest BCUT2D eigenvalue weighted by Crippen LogP contribution is -2.44. The average Bonchev–Trinajstić information content (AvgIpc) is 2.47. The van der Waals surface area contributed by atoms with Crippen LogP contribution in [0.15, 0.2) is 30.3 Å². The van der Waals surface area contributed by atoms with E-state index in [-0.39, 0.29) is 11.3 Å². The van der Waals surface area contributed by atoms with Crippen molar-refractivity contribution < 1.29 is 4.79 Å². The minimum absolute atomic E-state index is 0.0420. The van der Waals surface area contributed by atoms with Crippen molar-refractivity contribution in [3.63, 3.8) is 0 Å². The second kappa shape index (κ2) is 8.80. The summed E-state index contributed by atoms with van der Waals surface area (Å²) in [7, 11) is 0. The van der Waals surface area contributed by atoms with Gasteiger partial charge in [-0.15, -0.1) is 0 Å². The standard InChI is InChI=1S/C17H29N3O/c1-4-20(14-17(2,3)13-18)12-16(21)19-11-10-15-8-6-5-7-9-15/h5-9H,4,10-14,18H2,1-3H3,(H,19,21). The van der Waals surface area contributed by atoms with Crippen LogP contribution in [-0.4, -0.2) is 43.5 Å². The fraction of sp³-hybridized carbons (Fsp3) is 0.588. The number of benzene rings is 1. The minimum atomic E-state index is 0.0420. The molecule has 0 saturated heterocycles. The summed E-state index contributed by atoms with van der Waals surface area (Å²) in [6.45, 7) is 9.77. The zero-order valence-corrected chi connectivity index (χ0v) is 13.6. The van der Waals surface area contributed by atoms with Crippen LogP contribution in [-0.2, 0) is 11.2 Å². The van der Waals surface area contributed by atoms with E-state index in [0.29, 0.717) is 19.6 Å². The molecule has 0 radical (unpaired) electrons. The minimum Gasteiger partial charge on any atom is -0.355 e. The van der Waals surface area contributed by atoms with E-state index in [1.807, 2.05) is 18.2 Å². The second-order valence-electron chi connectivity index (χ2n) is 6.26. The third-order valence-electron chi connectivity index (χ3n) is 3.60. The van der Waals surface area contributed by atoms with E-state index in [1.165, 1.54) is 5.56 Å². The van der Waals surface area contributed by atoms with Crippen LogP contribution >= 0.6 is 0 Å². The number of nitrogens with two attached hydrogens (primary N) is 1. The van der Waals surface area contributed by atoms with Crippen molar-refractivity contribution in [2.24, 2.45) is 11.1 Å². The fourth-order valence-corrected chi connectivity index (χ4v) is 2.20. The molecule has 0 unspecified atom stereocenters. The van der Waals surface area contributed by atoms with Crippen molar-refractivity contribution in [3.05, 3.63) is 35.9 Å². The number of carbonyl (C=O) groups excluding carboxylic acids is 1. The number of amides is 1. The first kappa shape index (κ1) is 17.7. The van der Waals surface area contributed by atoms with E-state index >= 15 is 0 Å². The Morgan fingerprint density at radius 1 is 1.29 bits per heavy atom. The van der Waals surface area contributed by atoms with E-state index < -0.39 is 0 Å². The first-order valence-electron chi connectivity index (χ1n) is 7.70. The number of rotatable bonds is 9. The molecular formula is C17H29N3O. The summed E-state index contributed by atoms with van der Waals surface area (Å²) in [5.41, 5.74) is 7.04. The van der Waals surface area contributed by atoms with Gasteiger partial charge in [0.25, 0.3) is 0 Å². The van der Waals surface area contributed by atoms with Gasteiger partial charge in [-0.1, -0.05) is 51.1 Å². The highest BCUT2D eigenvalue weighted by Gasteiger charge is 2.20. The molecule has 0 aliphatic heterocycles. The van der Waals surface area contributed by atoms with Crippen molar-refractivity contribution in [1.82, 2.24) is 10.2 Å². The van der Waals surface area contributed by atoms with Crippen LogP contribution in [0, 0.1) is 5.41 Å². The summed E-state index contributed by atoms with van der Waals surface area (Å²) < 4.78 is 0. The van der Waals surface area contributed by atoms with Gasteiger partial charge < -0.3 is 11.1 Å². The predicted octanol–water partition coefficient (Wildman–Crippen LogP) is 1.65. The van der Waals surface area contributed by atoms with Crippen LogP contribution in [0.5, 0.6) is 0 Å². The van der Waals surface area contributed by atoms with Gasteiger partial charge in [0.05, 0.1) is 6.54 Å². The molecule has 4 heteroatoms. The number of hydrogen-bond donors (Lipinski definition) is 2. The Bertz CT molecular complexity index is 417. The Balaban J connectivity index is 2.31. The quantitative estimate of drug-likeness (QED) is 0.727. The van der Waals surface area contributed by atoms with Crippen LogP contribution in [0.3, 0.4) is 0 Å². The molecule has 0 heterocycles. The molecular weight excluding hydrogens is 262 g/mol. The van der Waals surface area contributed by atoms with Gasteiger partial charge in [0.2, 0.25) is 5.91 Å². The molecule has 0 atom stereocenters. The molecule has 0 aromatic heterocycles. The summed E-state index contributed by atoms with van der Waals surface area (Å²) in [4.78, 5) is 14.1. The second-order valence-corrected chi connectivity index (χ2v) is 6.26. The maximum absolute atomic E-state index is 12.0. The highest BCUT2D eigenvalue weighted by Crippen LogP contribution is 2.14. The molecule has 0 fully saturated rings. The van der Waals surface area contributed by atoms with E-state index in [4.69, 9.17) is 5.73 Å². The van der Waals surface area contributed by atoms with Crippen LogP contribution in [0.25, 0.3) is 0 Å². The lowest BCUT2D eigenvalue weighted by atomic mass is 9.93. The van der Waals surface area contributed by atoms with Gasteiger partial charge in [0, 0.05) is 13.1 Å². The van der Waals surface area contributed by atoms with Gasteiger partial charge in [-0.2, -0.15) is 0 Å². The molecule has 0 bridgehead atoms. The topological polar surface area (TPSA) is 58.4 Å². The molecule has 1 amide bonds. The van der Waals surface area contributed by atoms with Crippen molar-refractivity contribution in [2.75, 3.05) is 32.7 Å². The fourth-order valence-electron chi connectivity index (χ4n) is 2.20. The number of nitrogens with one attached hydrogen (secondary N) is 1. The summed E-state index contributed by atoms with van der Waals surface area (Å²) in [5, 5.41) is 2.99. The maximum Gasteiger partial charge on any atom is 0.234 e. The van der Waals surface area contributed by atoms with Crippen molar-refractivity contribution in [3.8, 4) is 0 Å². The van der Waals surface area contributed by atoms with E-state index in [1.54, 1.807) is 0 Å². The summed E-state index contributed by atoms with van der Waals surface area (Å²) >= 11 is 0. The first-order chi connectivity index (χ1) is 9.96.